The molecule has 2 saturated heterocycles. The van der Waals surface area contributed by atoms with E-state index in [9.17, 15) is 4.79 Å². The van der Waals surface area contributed by atoms with E-state index in [1.54, 1.807) is 6.08 Å². The quantitative estimate of drug-likeness (QED) is 0.670. The molecule has 3 N–H and O–H groups in total. The van der Waals surface area contributed by atoms with Crippen LogP contribution in [0.3, 0.4) is 0 Å². The molecule has 7 nitrogen and oxygen atoms in total. The SMILES string of the molecule is O=C(/C=C/c1ccc2c(c1)OCO2)NC1CCN(C2CC(C3CC3)NN2)CC1. The third-order valence-electron chi connectivity index (χ3n) is 6.24. The molecule has 2 unspecified atom stereocenters. The lowest BCUT2D eigenvalue weighted by Crippen LogP contribution is -2.51. The zero-order valence-corrected chi connectivity index (χ0v) is 16.0. The maximum atomic E-state index is 12.3. The number of hydrogen-bond acceptors (Lipinski definition) is 6. The van der Waals surface area contributed by atoms with Gasteiger partial charge in [-0.25, -0.2) is 5.43 Å². The lowest BCUT2D eigenvalue weighted by Gasteiger charge is -2.35. The number of hydrogen-bond donors (Lipinski definition) is 3. The van der Waals surface area contributed by atoms with E-state index in [2.05, 4.69) is 21.1 Å². The van der Waals surface area contributed by atoms with E-state index in [-0.39, 0.29) is 18.7 Å². The molecule has 4 aliphatic rings. The van der Waals surface area contributed by atoms with Crippen LogP contribution in [-0.2, 0) is 4.79 Å². The number of hydrazine groups is 1. The van der Waals surface area contributed by atoms with Crippen molar-refractivity contribution in [2.45, 2.75) is 50.4 Å². The zero-order chi connectivity index (χ0) is 18.9. The summed E-state index contributed by atoms with van der Waals surface area (Å²) in [7, 11) is 0. The van der Waals surface area contributed by atoms with Crippen LogP contribution in [0.15, 0.2) is 24.3 Å². The summed E-state index contributed by atoms with van der Waals surface area (Å²) in [5.74, 6) is 2.33. The number of piperidine rings is 1. The number of ether oxygens (including phenoxy) is 2. The van der Waals surface area contributed by atoms with Gasteiger partial charge in [0.15, 0.2) is 11.5 Å². The molecule has 2 atom stereocenters. The van der Waals surface area contributed by atoms with Crippen molar-refractivity contribution in [3.63, 3.8) is 0 Å². The molecule has 150 valence electrons. The lowest BCUT2D eigenvalue weighted by molar-refractivity contribution is -0.117. The summed E-state index contributed by atoms with van der Waals surface area (Å²) in [6, 6.07) is 6.58. The number of rotatable bonds is 5. The Labute approximate surface area is 165 Å². The first kappa shape index (κ1) is 18.0. The Bertz CT molecular complexity index is 756. The van der Waals surface area contributed by atoms with Crippen molar-refractivity contribution in [1.29, 1.82) is 0 Å². The van der Waals surface area contributed by atoms with E-state index in [1.807, 2.05) is 24.3 Å². The highest BCUT2D eigenvalue weighted by atomic mass is 16.7. The van der Waals surface area contributed by atoms with Crippen molar-refractivity contribution in [2.75, 3.05) is 19.9 Å². The van der Waals surface area contributed by atoms with Gasteiger partial charge in [-0.1, -0.05) is 6.07 Å². The van der Waals surface area contributed by atoms with Crippen molar-refractivity contribution < 1.29 is 14.3 Å². The van der Waals surface area contributed by atoms with Crippen LogP contribution < -0.4 is 25.6 Å². The van der Waals surface area contributed by atoms with Crippen LogP contribution in [-0.4, -0.2) is 48.9 Å². The van der Waals surface area contributed by atoms with Crippen LogP contribution in [0.4, 0.5) is 0 Å². The predicted molar refractivity (Wildman–Crippen MR) is 106 cm³/mol. The van der Waals surface area contributed by atoms with Gasteiger partial charge in [-0.3, -0.25) is 15.1 Å². The standard InChI is InChI=1S/C21H28N4O3/c26-21(6-2-14-1-5-18-19(11-14)28-13-27-18)22-16-7-9-25(10-8-16)20-12-17(23-24-20)15-3-4-15/h1-2,5-6,11,15-17,20,23-24H,3-4,7-10,12-13H2,(H,22,26)/b6-2+. The molecule has 1 aliphatic carbocycles. The minimum atomic E-state index is -0.0365. The zero-order valence-electron chi connectivity index (χ0n) is 16.0. The lowest BCUT2D eigenvalue weighted by atomic mass is 10.0. The van der Waals surface area contributed by atoms with Crippen LogP contribution in [0.5, 0.6) is 11.5 Å². The van der Waals surface area contributed by atoms with E-state index in [1.165, 1.54) is 19.3 Å². The first-order valence-corrected chi connectivity index (χ1v) is 10.4. The number of carbonyl (C=O) groups excluding carboxylic acids is 1. The van der Waals surface area contributed by atoms with E-state index in [4.69, 9.17) is 9.47 Å². The highest BCUT2D eigenvalue weighted by Gasteiger charge is 2.39. The minimum absolute atomic E-state index is 0.0365. The number of nitrogens with zero attached hydrogens (tertiary/aromatic N) is 1. The maximum absolute atomic E-state index is 12.3. The second-order valence-corrected chi connectivity index (χ2v) is 8.25. The molecule has 3 heterocycles. The van der Waals surface area contributed by atoms with Gasteiger partial charge in [0.2, 0.25) is 12.7 Å². The third-order valence-corrected chi connectivity index (χ3v) is 6.24. The second kappa shape index (κ2) is 7.73. The van der Waals surface area contributed by atoms with Gasteiger partial charge in [-0.2, -0.15) is 0 Å². The highest BCUT2D eigenvalue weighted by Crippen LogP contribution is 2.36. The van der Waals surface area contributed by atoms with Gasteiger partial charge in [0.05, 0.1) is 6.17 Å². The fraction of sp³-hybridized carbons (Fsp3) is 0.571. The Balaban J connectivity index is 1.07. The van der Waals surface area contributed by atoms with Crippen LogP contribution >= 0.6 is 0 Å². The molecule has 28 heavy (non-hydrogen) atoms. The van der Waals surface area contributed by atoms with E-state index < -0.39 is 0 Å². The molecule has 7 heteroatoms. The van der Waals surface area contributed by atoms with E-state index in [0.717, 1.165) is 48.9 Å². The smallest absolute Gasteiger partial charge is 0.244 e. The molecule has 1 aromatic rings. The fourth-order valence-corrected chi connectivity index (χ4v) is 4.40. The third kappa shape index (κ3) is 4.01. The number of nitrogens with one attached hydrogen (secondary N) is 3. The van der Waals surface area contributed by atoms with Crippen molar-refractivity contribution in [1.82, 2.24) is 21.1 Å². The van der Waals surface area contributed by atoms with Gasteiger partial charge in [-0.15, -0.1) is 0 Å². The molecule has 3 fully saturated rings. The second-order valence-electron chi connectivity index (χ2n) is 8.25. The van der Waals surface area contributed by atoms with Crippen molar-refractivity contribution in [3.8, 4) is 11.5 Å². The van der Waals surface area contributed by atoms with Gasteiger partial charge in [0.25, 0.3) is 0 Å². The Hall–Kier alpha value is -2.09. The largest absolute Gasteiger partial charge is 0.454 e. The topological polar surface area (TPSA) is 74.9 Å². The van der Waals surface area contributed by atoms with E-state index in [0.29, 0.717) is 12.2 Å². The summed E-state index contributed by atoms with van der Waals surface area (Å²) < 4.78 is 10.7. The first-order chi connectivity index (χ1) is 13.7. The average molecular weight is 384 g/mol. The Kier molecular flexibility index (Phi) is 4.96. The Morgan fingerprint density at radius 1 is 1.11 bits per heavy atom. The van der Waals surface area contributed by atoms with Crippen LogP contribution in [0.25, 0.3) is 6.08 Å². The fourth-order valence-electron chi connectivity index (χ4n) is 4.40. The van der Waals surface area contributed by atoms with Crippen LogP contribution in [0.2, 0.25) is 0 Å². The summed E-state index contributed by atoms with van der Waals surface area (Å²) in [4.78, 5) is 14.8. The van der Waals surface area contributed by atoms with Gasteiger partial charge in [0.1, 0.15) is 0 Å². The monoisotopic (exact) mass is 384 g/mol. The molecule has 0 aromatic heterocycles. The van der Waals surface area contributed by atoms with Crippen LogP contribution in [0.1, 0.15) is 37.7 Å². The van der Waals surface area contributed by atoms with Crippen LogP contribution in [0, 0.1) is 5.92 Å². The van der Waals surface area contributed by atoms with Crippen molar-refractivity contribution in [2.24, 2.45) is 5.92 Å². The van der Waals surface area contributed by atoms with Gasteiger partial charge in [-0.05, 0) is 61.8 Å². The summed E-state index contributed by atoms with van der Waals surface area (Å²) in [6.07, 6.45) is 9.80. The number of amides is 1. The minimum Gasteiger partial charge on any atom is -0.454 e. The normalized spacial score (nSPS) is 28.1. The molecule has 1 aromatic carbocycles. The van der Waals surface area contributed by atoms with Gasteiger partial charge in [0, 0.05) is 31.2 Å². The molecule has 0 radical (unpaired) electrons. The number of likely N-dealkylation sites (tertiary alicyclic amines) is 1. The van der Waals surface area contributed by atoms with Crippen molar-refractivity contribution >= 4 is 12.0 Å². The van der Waals surface area contributed by atoms with Crippen molar-refractivity contribution in [3.05, 3.63) is 29.8 Å². The Morgan fingerprint density at radius 2 is 1.93 bits per heavy atom. The number of fused-ring (bicyclic) bond motifs is 1. The molecule has 5 rings (SSSR count). The first-order valence-electron chi connectivity index (χ1n) is 10.4. The summed E-state index contributed by atoms with van der Waals surface area (Å²) >= 11 is 0. The summed E-state index contributed by atoms with van der Waals surface area (Å²) in [6.45, 7) is 2.30. The molecule has 1 saturated carbocycles. The molecule has 3 aliphatic heterocycles. The molecular formula is C21H28N4O3. The summed E-state index contributed by atoms with van der Waals surface area (Å²) in [5, 5.41) is 3.15. The number of carbonyl (C=O) groups is 1. The van der Waals surface area contributed by atoms with Gasteiger partial charge < -0.3 is 14.8 Å². The number of benzene rings is 1. The van der Waals surface area contributed by atoms with E-state index >= 15 is 0 Å². The predicted octanol–water partition coefficient (Wildman–Crippen LogP) is 1.61. The molecule has 0 spiro atoms. The highest BCUT2D eigenvalue weighted by molar-refractivity contribution is 5.92. The Morgan fingerprint density at radius 3 is 2.75 bits per heavy atom. The maximum Gasteiger partial charge on any atom is 0.244 e. The molecule has 1 amide bonds. The summed E-state index contributed by atoms with van der Waals surface area (Å²) in [5.41, 5.74) is 7.87. The average Bonchev–Trinajstić information content (AvgIpc) is 3.26. The van der Waals surface area contributed by atoms with Gasteiger partial charge >= 0.3 is 0 Å². The molecular weight excluding hydrogens is 356 g/mol. The molecule has 0 bridgehead atoms.